The van der Waals surface area contributed by atoms with Crippen LogP contribution < -0.4 is 0 Å². The van der Waals surface area contributed by atoms with Gasteiger partial charge in [-0.15, -0.1) is 0 Å². The van der Waals surface area contributed by atoms with E-state index in [0.717, 1.165) is 18.8 Å². The minimum Gasteiger partial charge on any atom is -0.262 e. The summed E-state index contributed by atoms with van der Waals surface area (Å²) in [6, 6.07) is 0.449. The van der Waals surface area contributed by atoms with E-state index in [1.807, 2.05) is 17.2 Å². The topological polar surface area (TPSA) is 28.0 Å². The highest BCUT2D eigenvalue weighted by Crippen LogP contribution is 2.14. The van der Waals surface area contributed by atoms with Crippen molar-refractivity contribution in [3.8, 4) is 0 Å². The maximum absolute atomic E-state index is 4.47. The van der Waals surface area contributed by atoms with Crippen molar-refractivity contribution in [3.63, 3.8) is 0 Å². The van der Waals surface area contributed by atoms with Crippen LogP contribution in [0.1, 0.15) is 13.3 Å². The zero-order valence-corrected chi connectivity index (χ0v) is 6.57. The van der Waals surface area contributed by atoms with Crippen molar-refractivity contribution < 1.29 is 0 Å². The molecule has 2 aliphatic rings. The summed E-state index contributed by atoms with van der Waals surface area (Å²) in [4.78, 5) is 4.47. The van der Waals surface area contributed by atoms with E-state index in [0.29, 0.717) is 6.04 Å². The Hall–Kier alpha value is -1.12. The summed E-state index contributed by atoms with van der Waals surface area (Å²) < 4.78 is 0. The molecule has 2 heterocycles. The van der Waals surface area contributed by atoms with Crippen molar-refractivity contribution in [3.05, 3.63) is 12.2 Å². The van der Waals surface area contributed by atoms with E-state index < -0.39 is 0 Å². The van der Waals surface area contributed by atoms with Gasteiger partial charge in [0.2, 0.25) is 0 Å². The minimum atomic E-state index is 0.449. The van der Waals surface area contributed by atoms with Gasteiger partial charge in [0, 0.05) is 6.21 Å². The summed E-state index contributed by atoms with van der Waals surface area (Å²) in [7, 11) is 0. The van der Waals surface area contributed by atoms with E-state index in [-0.39, 0.29) is 0 Å². The first-order chi connectivity index (χ1) is 5.40. The number of hydrogen-bond donors (Lipinski definition) is 0. The monoisotopic (exact) mass is 149 g/mol. The third-order valence-electron chi connectivity index (χ3n) is 1.97. The van der Waals surface area contributed by atoms with Crippen molar-refractivity contribution in [1.82, 2.24) is 5.01 Å². The molecule has 0 fully saturated rings. The third kappa shape index (κ3) is 1.06. The average molecular weight is 149 g/mol. The van der Waals surface area contributed by atoms with Crippen LogP contribution in [-0.4, -0.2) is 29.6 Å². The molecule has 0 bridgehead atoms. The van der Waals surface area contributed by atoms with Crippen molar-refractivity contribution in [2.75, 3.05) is 6.54 Å². The van der Waals surface area contributed by atoms with Gasteiger partial charge in [-0.05, 0) is 18.6 Å². The molecular formula is C8H11N3. The molecular weight excluding hydrogens is 138 g/mol. The van der Waals surface area contributed by atoms with Gasteiger partial charge in [-0.1, -0.05) is 6.92 Å². The Bertz CT molecular complexity index is 240. The van der Waals surface area contributed by atoms with Gasteiger partial charge in [-0.2, -0.15) is 5.10 Å². The quantitative estimate of drug-likeness (QED) is 0.547. The standard InChI is InChI=1S/C8H11N3/c1-2-7-6-11-8(10-7)4-3-5-9-11/h3-5,7H,2,6H2,1H3. The fraction of sp³-hybridized carbons (Fsp3) is 0.500. The summed E-state index contributed by atoms with van der Waals surface area (Å²) in [5.74, 6) is 1.01. The smallest absolute Gasteiger partial charge is 0.144 e. The molecule has 0 aromatic heterocycles. The fourth-order valence-electron chi connectivity index (χ4n) is 1.29. The van der Waals surface area contributed by atoms with E-state index in [9.17, 15) is 0 Å². The first kappa shape index (κ1) is 6.58. The molecule has 0 aromatic carbocycles. The lowest BCUT2D eigenvalue weighted by atomic mass is 10.2. The molecule has 11 heavy (non-hydrogen) atoms. The van der Waals surface area contributed by atoms with E-state index in [4.69, 9.17) is 0 Å². The zero-order valence-electron chi connectivity index (χ0n) is 6.57. The normalized spacial score (nSPS) is 27.2. The van der Waals surface area contributed by atoms with Crippen molar-refractivity contribution in [2.45, 2.75) is 19.4 Å². The zero-order chi connectivity index (χ0) is 7.68. The van der Waals surface area contributed by atoms with Gasteiger partial charge in [0.25, 0.3) is 0 Å². The lowest BCUT2D eigenvalue weighted by molar-refractivity contribution is 0.444. The van der Waals surface area contributed by atoms with Gasteiger partial charge >= 0.3 is 0 Å². The second kappa shape index (κ2) is 2.49. The van der Waals surface area contributed by atoms with Gasteiger partial charge in [-0.25, -0.2) is 5.01 Å². The molecule has 0 N–H and O–H groups in total. The number of hydrazone groups is 1. The number of hydrogen-bond acceptors (Lipinski definition) is 3. The maximum Gasteiger partial charge on any atom is 0.144 e. The van der Waals surface area contributed by atoms with Crippen LogP contribution in [0.4, 0.5) is 0 Å². The van der Waals surface area contributed by atoms with Crippen LogP contribution >= 0.6 is 0 Å². The van der Waals surface area contributed by atoms with E-state index in [1.54, 1.807) is 6.21 Å². The molecule has 0 amide bonds. The molecule has 0 aromatic rings. The highest BCUT2D eigenvalue weighted by atomic mass is 15.5. The van der Waals surface area contributed by atoms with Crippen LogP contribution in [0, 0.1) is 0 Å². The van der Waals surface area contributed by atoms with E-state index >= 15 is 0 Å². The Labute approximate surface area is 66.1 Å². The molecule has 1 atom stereocenters. The average Bonchev–Trinajstić information content (AvgIpc) is 2.46. The third-order valence-corrected chi connectivity index (χ3v) is 1.97. The molecule has 0 spiro atoms. The first-order valence-electron chi connectivity index (χ1n) is 3.96. The predicted octanol–water partition coefficient (Wildman–Crippen LogP) is 1.03. The van der Waals surface area contributed by atoms with Gasteiger partial charge < -0.3 is 0 Å². The highest BCUT2D eigenvalue weighted by molar-refractivity contribution is 5.99. The number of amidine groups is 1. The Balaban J connectivity index is 2.19. The second-order valence-corrected chi connectivity index (χ2v) is 2.76. The lowest BCUT2D eigenvalue weighted by Gasteiger charge is -2.13. The number of fused-ring (bicyclic) bond motifs is 1. The maximum atomic E-state index is 4.47. The van der Waals surface area contributed by atoms with Crippen LogP contribution in [0.3, 0.4) is 0 Å². The summed E-state index contributed by atoms with van der Waals surface area (Å²) in [6.07, 6.45) is 6.83. The summed E-state index contributed by atoms with van der Waals surface area (Å²) >= 11 is 0. The summed E-state index contributed by atoms with van der Waals surface area (Å²) in [6.45, 7) is 3.10. The molecule has 2 rings (SSSR count). The van der Waals surface area contributed by atoms with Gasteiger partial charge in [0.05, 0.1) is 12.6 Å². The van der Waals surface area contributed by atoms with E-state index in [1.165, 1.54) is 0 Å². The Morgan fingerprint density at radius 3 is 3.36 bits per heavy atom. The minimum absolute atomic E-state index is 0.449. The highest BCUT2D eigenvalue weighted by Gasteiger charge is 2.22. The van der Waals surface area contributed by atoms with Crippen LogP contribution in [0.15, 0.2) is 22.2 Å². The van der Waals surface area contributed by atoms with Gasteiger partial charge in [0.1, 0.15) is 5.84 Å². The number of rotatable bonds is 1. The number of allylic oxidation sites excluding steroid dienone is 1. The molecule has 58 valence electrons. The van der Waals surface area contributed by atoms with Crippen LogP contribution in [0.5, 0.6) is 0 Å². The SMILES string of the molecule is CCC1CN2N=CC=CC2=N1. The predicted molar refractivity (Wildman–Crippen MR) is 45.9 cm³/mol. The molecule has 0 saturated heterocycles. The van der Waals surface area contributed by atoms with Crippen molar-refractivity contribution >= 4 is 12.1 Å². The van der Waals surface area contributed by atoms with E-state index in [2.05, 4.69) is 17.0 Å². The van der Waals surface area contributed by atoms with Gasteiger partial charge in [0.15, 0.2) is 0 Å². The second-order valence-electron chi connectivity index (χ2n) is 2.76. The summed E-state index contributed by atoms with van der Waals surface area (Å²) in [5.41, 5.74) is 0. The fourth-order valence-corrected chi connectivity index (χ4v) is 1.29. The number of aliphatic imine (C=N–C) groups is 1. The van der Waals surface area contributed by atoms with Crippen molar-refractivity contribution in [1.29, 1.82) is 0 Å². The van der Waals surface area contributed by atoms with Crippen LogP contribution in [-0.2, 0) is 0 Å². The van der Waals surface area contributed by atoms with Crippen molar-refractivity contribution in [2.24, 2.45) is 10.1 Å². The number of nitrogens with zero attached hydrogens (tertiary/aromatic N) is 3. The largest absolute Gasteiger partial charge is 0.262 e. The van der Waals surface area contributed by atoms with Crippen LogP contribution in [0.25, 0.3) is 0 Å². The molecule has 3 heteroatoms. The molecule has 0 radical (unpaired) electrons. The van der Waals surface area contributed by atoms with Crippen LogP contribution in [0.2, 0.25) is 0 Å². The summed E-state index contributed by atoms with van der Waals surface area (Å²) in [5, 5.41) is 6.13. The lowest BCUT2D eigenvalue weighted by Crippen LogP contribution is -2.24. The molecule has 1 unspecified atom stereocenters. The Kier molecular flexibility index (Phi) is 1.49. The molecule has 0 aliphatic carbocycles. The first-order valence-corrected chi connectivity index (χ1v) is 3.96. The van der Waals surface area contributed by atoms with Gasteiger partial charge in [-0.3, -0.25) is 4.99 Å². The Morgan fingerprint density at radius 1 is 1.73 bits per heavy atom. The molecule has 2 aliphatic heterocycles. The molecule has 3 nitrogen and oxygen atoms in total. The molecule has 0 saturated carbocycles. The Morgan fingerprint density at radius 2 is 2.64 bits per heavy atom.